The number of rotatable bonds is 3. The lowest BCUT2D eigenvalue weighted by Gasteiger charge is -2.17. The Labute approximate surface area is 107 Å². The van der Waals surface area contributed by atoms with Crippen molar-refractivity contribution in [1.82, 2.24) is 24.9 Å². The van der Waals surface area contributed by atoms with Crippen LogP contribution in [0.15, 0.2) is 17.2 Å². The number of hydrogen-bond donors (Lipinski definition) is 2. The molecule has 0 amide bonds. The molecule has 0 aromatic carbocycles. The molecule has 3 aromatic rings. The quantitative estimate of drug-likeness (QED) is 0.731. The summed E-state index contributed by atoms with van der Waals surface area (Å²) in [5, 5.41) is 2.01. The maximum absolute atomic E-state index is 5.68. The summed E-state index contributed by atoms with van der Waals surface area (Å²) in [5.74, 6) is 0.942. The van der Waals surface area contributed by atoms with Crippen LogP contribution in [0.25, 0.3) is 11.2 Å². The van der Waals surface area contributed by atoms with E-state index in [1.165, 1.54) is 0 Å². The Morgan fingerprint density at radius 2 is 2.28 bits per heavy atom. The lowest BCUT2D eigenvalue weighted by atomic mass is 10.4. The van der Waals surface area contributed by atoms with E-state index in [0.29, 0.717) is 12.2 Å². The summed E-state index contributed by atoms with van der Waals surface area (Å²) in [6.07, 6.45) is 1.58. The molecule has 0 aliphatic heterocycles. The van der Waals surface area contributed by atoms with Crippen LogP contribution >= 0.6 is 11.3 Å². The van der Waals surface area contributed by atoms with Gasteiger partial charge in [0.15, 0.2) is 11.5 Å². The van der Waals surface area contributed by atoms with Gasteiger partial charge in [-0.2, -0.15) is 9.97 Å². The van der Waals surface area contributed by atoms with Gasteiger partial charge in [-0.15, -0.1) is 11.3 Å². The minimum absolute atomic E-state index is 0.217. The summed E-state index contributed by atoms with van der Waals surface area (Å²) >= 11 is 1.57. The fourth-order valence-electron chi connectivity index (χ4n) is 1.74. The molecule has 0 radical (unpaired) electrons. The third kappa shape index (κ3) is 1.86. The van der Waals surface area contributed by atoms with Gasteiger partial charge in [0.05, 0.1) is 24.1 Å². The van der Waals surface area contributed by atoms with E-state index >= 15 is 0 Å². The van der Waals surface area contributed by atoms with E-state index < -0.39 is 0 Å². The van der Waals surface area contributed by atoms with E-state index in [1.54, 1.807) is 17.7 Å². The maximum atomic E-state index is 5.68. The first-order valence-electron chi connectivity index (χ1n) is 5.29. The van der Waals surface area contributed by atoms with Gasteiger partial charge in [-0.1, -0.05) is 0 Å². The summed E-state index contributed by atoms with van der Waals surface area (Å²) in [4.78, 5) is 21.6. The molecule has 0 saturated heterocycles. The van der Waals surface area contributed by atoms with Crippen molar-refractivity contribution in [3.05, 3.63) is 22.9 Å². The number of H-pyrrole nitrogens is 1. The normalized spacial score (nSPS) is 10.9. The third-order valence-electron chi connectivity index (χ3n) is 2.53. The number of nitrogens with one attached hydrogen (secondary N) is 1. The van der Waals surface area contributed by atoms with Crippen LogP contribution in [-0.4, -0.2) is 32.0 Å². The van der Waals surface area contributed by atoms with Crippen molar-refractivity contribution in [2.45, 2.75) is 6.54 Å². The fraction of sp³-hybridized carbons (Fsp3) is 0.200. The summed E-state index contributed by atoms with van der Waals surface area (Å²) in [6.45, 7) is 0.661. The van der Waals surface area contributed by atoms with Crippen LogP contribution in [0.3, 0.4) is 0 Å². The minimum atomic E-state index is 0.217. The molecule has 0 aliphatic carbocycles. The van der Waals surface area contributed by atoms with Crippen molar-refractivity contribution in [2.24, 2.45) is 0 Å². The average Bonchev–Trinajstić information content (AvgIpc) is 2.97. The van der Waals surface area contributed by atoms with Gasteiger partial charge in [0, 0.05) is 12.4 Å². The number of fused-ring (bicyclic) bond motifs is 1. The highest BCUT2D eigenvalue weighted by molar-refractivity contribution is 7.07. The third-order valence-corrected chi connectivity index (χ3v) is 3.16. The first kappa shape index (κ1) is 10.9. The molecule has 3 heterocycles. The minimum Gasteiger partial charge on any atom is -0.368 e. The van der Waals surface area contributed by atoms with Crippen LogP contribution in [0, 0.1) is 0 Å². The van der Waals surface area contributed by atoms with Crippen LogP contribution in [0.2, 0.25) is 0 Å². The summed E-state index contributed by atoms with van der Waals surface area (Å²) in [5.41, 5.74) is 9.83. The number of hydrogen-bond acceptors (Lipinski definition) is 7. The molecule has 8 heteroatoms. The van der Waals surface area contributed by atoms with E-state index in [0.717, 1.165) is 17.0 Å². The zero-order valence-electron chi connectivity index (χ0n) is 9.66. The van der Waals surface area contributed by atoms with E-state index in [-0.39, 0.29) is 5.95 Å². The topological polar surface area (TPSA) is 96.6 Å². The van der Waals surface area contributed by atoms with Crippen LogP contribution in [0.4, 0.5) is 11.8 Å². The molecule has 0 unspecified atom stereocenters. The first-order chi connectivity index (χ1) is 8.74. The SMILES string of the molecule is CN(Cc1cscn1)c1nc(N)nc2nc[nH]c12. The number of imidazole rings is 1. The Morgan fingerprint density at radius 3 is 3.06 bits per heavy atom. The number of aromatic nitrogens is 5. The Morgan fingerprint density at radius 1 is 1.39 bits per heavy atom. The highest BCUT2D eigenvalue weighted by atomic mass is 32.1. The van der Waals surface area contributed by atoms with Gasteiger partial charge in [-0.05, 0) is 0 Å². The number of thiazole rings is 1. The van der Waals surface area contributed by atoms with Crippen molar-refractivity contribution >= 4 is 34.3 Å². The lowest BCUT2D eigenvalue weighted by molar-refractivity contribution is 0.876. The maximum Gasteiger partial charge on any atom is 0.224 e. The number of nitrogens with two attached hydrogens (primary N) is 1. The van der Waals surface area contributed by atoms with Crippen molar-refractivity contribution in [2.75, 3.05) is 17.7 Å². The number of anilines is 2. The van der Waals surface area contributed by atoms with Gasteiger partial charge in [-0.3, -0.25) is 0 Å². The smallest absolute Gasteiger partial charge is 0.224 e. The molecule has 0 aliphatic rings. The van der Waals surface area contributed by atoms with E-state index in [1.807, 2.05) is 22.8 Å². The molecule has 0 fully saturated rings. The zero-order chi connectivity index (χ0) is 12.5. The van der Waals surface area contributed by atoms with Gasteiger partial charge in [0.2, 0.25) is 5.95 Å². The van der Waals surface area contributed by atoms with Crippen LogP contribution < -0.4 is 10.6 Å². The highest BCUT2D eigenvalue weighted by Gasteiger charge is 2.13. The van der Waals surface area contributed by atoms with Crippen molar-refractivity contribution < 1.29 is 0 Å². The Kier molecular flexibility index (Phi) is 2.56. The van der Waals surface area contributed by atoms with E-state index in [4.69, 9.17) is 5.73 Å². The zero-order valence-corrected chi connectivity index (χ0v) is 10.5. The number of nitrogens with zero attached hydrogens (tertiary/aromatic N) is 5. The molecule has 0 spiro atoms. The molecule has 0 atom stereocenters. The molecule has 18 heavy (non-hydrogen) atoms. The highest BCUT2D eigenvalue weighted by Crippen LogP contribution is 2.22. The first-order valence-corrected chi connectivity index (χ1v) is 6.23. The predicted octanol–water partition coefficient (Wildman–Crippen LogP) is 1.03. The standard InChI is InChI=1S/C10H11N7S/c1-17(2-6-3-18-5-14-6)9-7-8(13-4-12-7)15-10(11)16-9/h3-5H,2H2,1H3,(H3,11,12,13,15,16). The molecule has 7 nitrogen and oxygen atoms in total. The molecular weight excluding hydrogens is 250 g/mol. The second-order valence-electron chi connectivity index (χ2n) is 3.84. The molecule has 3 N–H and O–H groups in total. The van der Waals surface area contributed by atoms with Crippen molar-refractivity contribution in [1.29, 1.82) is 0 Å². The lowest BCUT2D eigenvalue weighted by Crippen LogP contribution is -2.19. The van der Waals surface area contributed by atoms with Gasteiger partial charge in [0.1, 0.15) is 5.52 Å². The summed E-state index contributed by atoms with van der Waals surface area (Å²) < 4.78 is 0. The molecule has 0 saturated carbocycles. The molecule has 0 bridgehead atoms. The second kappa shape index (κ2) is 4.22. The molecular formula is C10H11N7S. The Bertz CT molecular complexity index is 660. The van der Waals surface area contributed by atoms with Crippen LogP contribution in [0.5, 0.6) is 0 Å². The largest absolute Gasteiger partial charge is 0.368 e. The fourth-order valence-corrected chi connectivity index (χ4v) is 2.29. The van der Waals surface area contributed by atoms with Gasteiger partial charge < -0.3 is 15.6 Å². The Hall–Kier alpha value is -2.22. The van der Waals surface area contributed by atoms with E-state index in [9.17, 15) is 0 Å². The number of nitrogen functional groups attached to an aromatic ring is 1. The number of aromatic amines is 1. The van der Waals surface area contributed by atoms with Gasteiger partial charge in [-0.25, -0.2) is 9.97 Å². The summed E-state index contributed by atoms with van der Waals surface area (Å²) in [7, 11) is 1.93. The van der Waals surface area contributed by atoms with Crippen LogP contribution in [-0.2, 0) is 6.54 Å². The molecule has 3 aromatic heterocycles. The van der Waals surface area contributed by atoms with E-state index in [2.05, 4.69) is 24.9 Å². The predicted molar refractivity (Wildman–Crippen MR) is 70.3 cm³/mol. The van der Waals surface area contributed by atoms with Crippen molar-refractivity contribution in [3.63, 3.8) is 0 Å². The monoisotopic (exact) mass is 261 g/mol. The van der Waals surface area contributed by atoms with Gasteiger partial charge >= 0.3 is 0 Å². The average molecular weight is 261 g/mol. The van der Waals surface area contributed by atoms with Gasteiger partial charge in [0.25, 0.3) is 0 Å². The van der Waals surface area contributed by atoms with Crippen LogP contribution in [0.1, 0.15) is 5.69 Å². The van der Waals surface area contributed by atoms with Crippen molar-refractivity contribution in [3.8, 4) is 0 Å². The summed E-state index contributed by atoms with van der Waals surface area (Å²) in [6, 6.07) is 0. The Balaban J connectivity index is 2.00. The molecule has 92 valence electrons. The second-order valence-corrected chi connectivity index (χ2v) is 4.56. The molecule has 3 rings (SSSR count).